The van der Waals surface area contributed by atoms with Crippen LogP contribution in [0.25, 0.3) is 10.8 Å². The average Bonchev–Trinajstić information content (AvgIpc) is 2.63. The van der Waals surface area contributed by atoms with E-state index in [2.05, 4.69) is 13.8 Å². The topological polar surface area (TPSA) is 78.7 Å². The first kappa shape index (κ1) is 29.5. The summed E-state index contributed by atoms with van der Waals surface area (Å²) < 4.78 is 0. The molecule has 4 nitrogen and oxygen atoms in total. The second kappa shape index (κ2) is 35.0. The number of isocyanates is 2. The van der Waals surface area contributed by atoms with Crippen LogP contribution in [0.5, 0.6) is 0 Å². The van der Waals surface area contributed by atoms with Crippen molar-refractivity contribution in [2.45, 2.75) is 129 Å². The number of rotatable bonds is 17. The third-order valence-corrected chi connectivity index (χ3v) is 4.46. The molecule has 0 aromatic heterocycles. The first-order valence-electron chi connectivity index (χ1n) is 10.8. The molecule has 0 N–H and O–H groups in total. The van der Waals surface area contributed by atoms with Gasteiger partial charge in [-0.15, -0.1) is 0 Å². The Balaban J connectivity index is -0.000000768. The van der Waals surface area contributed by atoms with Gasteiger partial charge in [0.15, 0.2) is 0 Å². The maximum absolute atomic E-state index is 8.24. The van der Waals surface area contributed by atoms with E-state index in [9.17, 15) is 0 Å². The van der Waals surface area contributed by atoms with E-state index in [1.54, 1.807) is 0 Å². The molecule has 154 valence electrons. The van der Waals surface area contributed by atoms with Gasteiger partial charge in [0.25, 0.3) is 0 Å². The van der Waals surface area contributed by atoms with Gasteiger partial charge in [-0.05, 0) is 12.2 Å². The van der Waals surface area contributed by atoms with Gasteiger partial charge in [0.1, 0.15) is 0 Å². The SMILES string of the molecule is CCCCCCCCCCCCCCCCCCCC.[N-]=C=O.[N-]=C=O. The Labute approximate surface area is 162 Å². The van der Waals surface area contributed by atoms with Gasteiger partial charge >= 0.3 is 0 Å². The van der Waals surface area contributed by atoms with Crippen molar-refractivity contribution in [1.29, 1.82) is 0 Å². The van der Waals surface area contributed by atoms with Crippen molar-refractivity contribution in [3.05, 3.63) is 10.8 Å². The van der Waals surface area contributed by atoms with Gasteiger partial charge in [-0.1, -0.05) is 129 Å². The van der Waals surface area contributed by atoms with Crippen molar-refractivity contribution < 1.29 is 9.59 Å². The summed E-state index contributed by atoms with van der Waals surface area (Å²) in [6.07, 6.45) is 27.4. The van der Waals surface area contributed by atoms with Crippen LogP contribution < -0.4 is 0 Å². The van der Waals surface area contributed by atoms with Gasteiger partial charge in [0.05, 0.1) is 0 Å². The highest BCUT2D eigenvalue weighted by Crippen LogP contribution is 2.14. The fourth-order valence-corrected chi connectivity index (χ4v) is 2.97. The Hall–Kier alpha value is -1.24. The van der Waals surface area contributed by atoms with E-state index in [4.69, 9.17) is 20.4 Å². The molecular formula is C22H42N2O2-2. The molecule has 0 aliphatic carbocycles. The van der Waals surface area contributed by atoms with Crippen molar-refractivity contribution >= 4 is 12.2 Å². The molecule has 0 atom stereocenters. The predicted octanol–water partition coefficient (Wildman–Crippen LogP) is 7.83. The van der Waals surface area contributed by atoms with Gasteiger partial charge in [-0.25, -0.2) is 0 Å². The van der Waals surface area contributed by atoms with Gasteiger partial charge in [0.2, 0.25) is 0 Å². The quantitative estimate of drug-likeness (QED) is 0.149. The molecule has 0 aliphatic heterocycles. The first-order valence-corrected chi connectivity index (χ1v) is 10.8. The third-order valence-electron chi connectivity index (χ3n) is 4.46. The summed E-state index contributed by atoms with van der Waals surface area (Å²) in [4.78, 5) is 16.5. The normalized spacial score (nSPS) is 9.15. The molecule has 0 fully saturated rings. The van der Waals surface area contributed by atoms with Crippen LogP contribution in [0.4, 0.5) is 0 Å². The van der Waals surface area contributed by atoms with E-state index in [0.29, 0.717) is 12.2 Å². The van der Waals surface area contributed by atoms with E-state index < -0.39 is 0 Å². The molecule has 0 aliphatic rings. The van der Waals surface area contributed by atoms with E-state index >= 15 is 0 Å². The van der Waals surface area contributed by atoms with E-state index in [-0.39, 0.29) is 0 Å². The van der Waals surface area contributed by atoms with Crippen LogP contribution in [0.15, 0.2) is 0 Å². The Morgan fingerprint density at radius 2 is 0.538 bits per heavy atom. The highest BCUT2D eigenvalue weighted by molar-refractivity contribution is 5.37. The van der Waals surface area contributed by atoms with Gasteiger partial charge in [-0.2, -0.15) is 0 Å². The van der Waals surface area contributed by atoms with Gasteiger partial charge < -0.3 is 10.8 Å². The molecule has 0 bridgehead atoms. The summed E-state index contributed by atoms with van der Waals surface area (Å²) >= 11 is 0. The van der Waals surface area contributed by atoms with Crippen LogP contribution >= 0.6 is 0 Å². The lowest BCUT2D eigenvalue weighted by Crippen LogP contribution is -1.83. The molecule has 0 radical (unpaired) electrons. The van der Waals surface area contributed by atoms with Crippen LogP contribution in [0.2, 0.25) is 0 Å². The smallest absolute Gasteiger partial charge is 0.0159 e. The molecule has 0 unspecified atom stereocenters. The van der Waals surface area contributed by atoms with Crippen molar-refractivity contribution in [1.82, 2.24) is 0 Å². The van der Waals surface area contributed by atoms with Crippen LogP contribution in [-0.4, -0.2) is 12.2 Å². The molecule has 26 heavy (non-hydrogen) atoms. The van der Waals surface area contributed by atoms with Crippen molar-refractivity contribution in [2.75, 3.05) is 0 Å². The Morgan fingerprint density at radius 1 is 0.423 bits per heavy atom. The summed E-state index contributed by atoms with van der Waals surface area (Å²) in [5, 5.41) is 13.5. The van der Waals surface area contributed by atoms with E-state index in [1.807, 2.05) is 0 Å². The van der Waals surface area contributed by atoms with Gasteiger partial charge in [-0.3, -0.25) is 9.59 Å². The molecule has 0 spiro atoms. The first-order chi connectivity index (χ1) is 12.7. The lowest BCUT2D eigenvalue weighted by molar-refractivity contribution is 0.526. The van der Waals surface area contributed by atoms with Crippen molar-refractivity contribution in [3.8, 4) is 0 Å². The summed E-state index contributed by atoms with van der Waals surface area (Å²) in [5.41, 5.74) is 0. The second-order valence-corrected chi connectivity index (χ2v) is 6.84. The minimum Gasteiger partial charge on any atom is -0.724 e. The number of hydrogen-bond donors (Lipinski definition) is 0. The molecule has 0 amide bonds. The van der Waals surface area contributed by atoms with Crippen LogP contribution in [0.3, 0.4) is 0 Å². The molecule has 4 heteroatoms. The zero-order chi connectivity index (χ0) is 20.1. The van der Waals surface area contributed by atoms with Crippen LogP contribution in [0.1, 0.15) is 129 Å². The lowest BCUT2D eigenvalue weighted by Gasteiger charge is -2.03. The van der Waals surface area contributed by atoms with Crippen LogP contribution in [0, 0.1) is 0 Å². The Morgan fingerprint density at radius 3 is 0.654 bits per heavy atom. The zero-order valence-corrected chi connectivity index (χ0v) is 17.4. The maximum Gasteiger partial charge on any atom is -0.0159 e. The largest absolute Gasteiger partial charge is 0.724 e. The summed E-state index contributed by atoms with van der Waals surface area (Å²) in [7, 11) is 0. The van der Waals surface area contributed by atoms with E-state index in [0.717, 1.165) is 0 Å². The van der Waals surface area contributed by atoms with Crippen molar-refractivity contribution in [2.24, 2.45) is 0 Å². The van der Waals surface area contributed by atoms with E-state index in [1.165, 1.54) is 116 Å². The highest BCUT2D eigenvalue weighted by Gasteiger charge is 1.94. The fraction of sp³-hybridized carbons (Fsp3) is 0.909. The summed E-state index contributed by atoms with van der Waals surface area (Å²) in [6.45, 7) is 4.59. The number of unbranched alkanes of at least 4 members (excludes halogenated alkanes) is 17. The number of carbonyl (C=O) groups excluding carboxylic acids is 2. The number of hydrogen-bond acceptors (Lipinski definition) is 2. The number of nitrogens with zero attached hydrogens (tertiary/aromatic N) is 2. The third kappa shape index (κ3) is 43.4. The molecule has 0 aromatic rings. The van der Waals surface area contributed by atoms with Crippen molar-refractivity contribution in [3.63, 3.8) is 0 Å². The monoisotopic (exact) mass is 366 g/mol. The summed E-state index contributed by atoms with van der Waals surface area (Å²) in [5.74, 6) is 0. The highest BCUT2D eigenvalue weighted by atomic mass is 16.1. The fourth-order valence-electron chi connectivity index (χ4n) is 2.97. The van der Waals surface area contributed by atoms with Crippen LogP contribution in [-0.2, 0) is 9.59 Å². The minimum atomic E-state index is 0.500. The second-order valence-electron chi connectivity index (χ2n) is 6.84. The van der Waals surface area contributed by atoms with Gasteiger partial charge in [0, 0.05) is 0 Å². The molecule has 0 heterocycles. The zero-order valence-electron chi connectivity index (χ0n) is 17.4. The standard InChI is InChI=1S/C20H42.2CNO/c1-3-5-7-9-11-13-15-17-19-20-18-16-14-12-10-8-6-4-2;2*2-1-3/h3-20H2,1-2H3;;/q;2*-1. The molecule has 0 rings (SSSR count). The maximum atomic E-state index is 8.24. The molecule has 0 saturated carbocycles. The Bertz CT molecular complexity index is 265. The lowest BCUT2D eigenvalue weighted by atomic mass is 10.0. The predicted molar refractivity (Wildman–Crippen MR) is 113 cm³/mol. The molecular weight excluding hydrogens is 324 g/mol. The minimum absolute atomic E-state index is 0.500. The average molecular weight is 367 g/mol. The Kier molecular flexibility index (Phi) is 39.7. The molecule has 0 aromatic carbocycles. The molecule has 0 saturated heterocycles. The summed E-state index contributed by atoms with van der Waals surface area (Å²) in [6, 6.07) is 0.